The largest absolute Gasteiger partial charge is 0.393 e. The Balaban J connectivity index is 2.18. The Morgan fingerprint density at radius 3 is 2.78 bits per heavy atom. The zero-order valence-corrected chi connectivity index (χ0v) is 9.70. The van der Waals surface area contributed by atoms with Gasteiger partial charge in [-0.2, -0.15) is 0 Å². The van der Waals surface area contributed by atoms with Crippen LogP contribution in [0.25, 0.3) is 0 Å². The van der Waals surface area contributed by atoms with Gasteiger partial charge in [0.1, 0.15) is 5.69 Å². The van der Waals surface area contributed by atoms with E-state index in [2.05, 4.69) is 0 Å². The monoisotopic (exact) mass is 250 g/mol. The zero-order chi connectivity index (χ0) is 13.3. The van der Waals surface area contributed by atoms with Crippen molar-refractivity contribution in [3.05, 3.63) is 33.9 Å². The number of rotatable bonds is 3. The third-order valence-electron chi connectivity index (χ3n) is 3.00. The number of nitro benzene ring substituents is 1. The molecular formula is C11H14N4O3. The van der Waals surface area contributed by atoms with Crippen molar-refractivity contribution in [3.8, 4) is 0 Å². The Labute approximate surface area is 104 Å². The number of anilines is 1. The first-order chi connectivity index (χ1) is 8.49. The van der Waals surface area contributed by atoms with Crippen LogP contribution in [0.3, 0.4) is 0 Å². The van der Waals surface area contributed by atoms with E-state index in [1.54, 1.807) is 11.0 Å². The van der Waals surface area contributed by atoms with E-state index in [0.29, 0.717) is 25.1 Å². The summed E-state index contributed by atoms with van der Waals surface area (Å²) in [5.74, 6) is -0.116. The Morgan fingerprint density at radius 2 is 2.22 bits per heavy atom. The normalized spacial score (nSPS) is 19.3. The molecule has 1 aliphatic heterocycles. The second kappa shape index (κ2) is 4.61. The minimum atomic E-state index is -0.531. The summed E-state index contributed by atoms with van der Waals surface area (Å²) in [6.45, 7) is 0.909. The summed E-state index contributed by atoms with van der Waals surface area (Å²) in [7, 11) is 0. The van der Waals surface area contributed by atoms with Crippen LogP contribution in [-0.4, -0.2) is 28.3 Å². The van der Waals surface area contributed by atoms with Gasteiger partial charge in [-0.05, 0) is 18.1 Å². The van der Waals surface area contributed by atoms with E-state index in [-0.39, 0.29) is 17.3 Å². The molecule has 7 heteroatoms. The highest BCUT2D eigenvalue weighted by Crippen LogP contribution is 2.24. The molecule has 7 nitrogen and oxygen atoms in total. The summed E-state index contributed by atoms with van der Waals surface area (Å²) in [6.07, 6.45) is 0.621. The second-order valence-corrected chi connectivity index (χ2v) is 4.31. The fourth-order valence-electron chi connectivity index (χ4n) is 1.99. The maximum Gasteiger partial charge on any atom is 0.292 e. The molecule has 1 heterocycles. The van der Waals surface area contributed by atoms with E-state index in [9.17, 15) is 14.9 Å². The molecule has 2 rings (SSSR count). The summed E-state index contributed by atoms with van der Waals surface area (Å²) in [5.41, 5.74) is 11.8. The van der Waals surface area contributed by atoms with Crippen LogP contribution in [-0.2, 0) is 11.3 Å². The number of amides is 1. The first-order valence-corrected chi connectivity index (χ1v) is 5.56. The molecule has 1 amide bonds. The van der Waals surface area contributed by atoms with Gasteiger partial charge in [0, 0.05) is 19.2 Å². The molecule has 1 fully saturated rings. The average Bonchev–Trinajstić information content (AvgIpc) is 2.63. The molecule has 0 spiro atoms. The molecule has 1 atom stereocenters. The predicted octanol–water partition coefficient (Wildman–Crippen LogP) is 0.237. The van der Waals surface area contributed by atoms with Crippen molar-refractivity contribution in [2.24, 2.45) is 5.73 Å². The van der Waals surface area contributed by atoms with Crippen LogP contribution in [0.1, 0.15) is 12.0 Å². The third kappa shape index (κ3) is 2.25. The lowest BCUT2D eigenvalue weighted by Crippen LogP contribution is -2.33. The van der Waals surface area contributed by atoms with Crippen molar-refractivity contribution < 1.29 is 9.72 Å². The van der Waals surface area contributed by atoms with Crippen LogP contribution in [0.4, 0.5) is 11.4 Å². The molecule has 96 valence electrons. The van der Waals surface area contributed by atoms with Crippen molar-refractivity contribution in [2.45, 2.75) is 19.0 Å². The minimum absolute atomic E-state index is 0.116. The molecule has 1 aliphatic rings. The van der Waals surface area contributed by atoms with Gasteiger partial charge in [0.25, 0.3) is 5.69 Å². The number of nitro groups is 1. The highest BCUT2D eigenvalue weighted by atomic mass is 16.6. The molecular weight excluding hydrogens is 236 g/mol. The summed E-state index contributed by atoms with van der Waals surface area (Å²) in [5, 5.41) is 10.8. The van der Waals surface area contributed by atoms with Gasteiger partial charge >= 0.3 is 0 Å². The van der Waals surface area contributed by atoms with Crippen molar-refractivity contribution in [1.29, 1.82) is 0 Å². The fourth-order valence-corrected chi connectivity index (χ4v) is 1.99. The van der Waals surface area contributed by atoms with E-state index in [4.69, 9.17) is 11.5 Å². The van der Waals surface area contributed by atoms with Gasteiger partial charge in [-0.3, -0.25) is 14.9 Å². The van der Waals surface area contributed by atoms with Crippen molar-refractivity contribution in [3.63, 3.8) is 0 Å². The van der Waals surface area contributed by atoms with Crippen LogP contribution in [0.2, 0.25) is 0 Å². The molecule has 0 radical (unpaired) electrons. The number of nitrogen functional groups attached to an aromatic ring is 1. The molecule has 0 saturated carbocycles. The van der Waals surface area contributed by atoms with Gasteiger partial charge in [-0.25, -0.2) is 0 Å². The van der Waals surface area contributed by atoms with Gasteiger partial charge in [-0.15, -0.1) is 0 Å². The number of hydrogen-bond acceptors (Lipinski definition) is 5. The average molecular weight is 250 g/mol. The number of nitrogens with zero attached hydrogens (tertiary/aromatic N) is 2. The zero-order valence-electron chi connectivity index (χ0n) is 9.70. The summed E-state index contributed by atoms with van der Waals surface area (Å²) in [4.78, 5) is 23.5. The highest BCUT2D eigenvalue weighted by Gasteiger charge is 2.28. The van der Waals surface area contributed by atoms with Crippen LogP contribution in [0.5, 0.6) is 0 Å². The van der Waals surface area contributed by atoms with Crippen LogP contribution >= 0.6 is 0 Å². The van der Waals surface area contributed by atoms with E-state index in [1.807, 2.05) is 0 Å². The summed E-state index contributed by atoms with van der Waals surface area (Å²) < 4.78 is 0. The Morgan fingerprint density at radius 1 is 1.50 bits per heavy atom. The number of hydrogen-bond donors (Lipinski definition) is 2. The lowest BCUT2D eigenvalue weighted by atomic mass is 10.1. The summed E-state index contributed by atoms with van der Waals surface area (Å²) in [6, 6.07) is 4.11. The van der Waals surface area contributed by atoms with Crippen molar-refractivity contribution >= 4 is 17.3 Å². The van der Waals surface area contributed by atoms with Gasteiger partial charge in [0.2, 0.25) is 5.91 Å². The maximum absolute atomic E-state index is 11.6. The van der Waals surface area contributed by atoms with Crippen LogP contribution in [0, 0.1) is 10.1 Å². The molecule has 1 aromatic carbocycles. The number of likely N-dealkylation sites (tertiary alicyclic amines) is 1. The highest BCUT2D eigenvalue weighted by molar-refractivity contribution is 5.83. The lowest BCUT2D eigenvalue weighted by Gasteiger charge is -2.16. The predicted molar refractivity (Wildman–Crippen MR) is 65.5 cm³/mol. The van der Waals surface area contributed by atoms with E-state index >= 15 is 0 Å². The molecule has 0 bridgehead atoms. The number of nitrogens with two attached hydrogens (primary N) is 2. The Hall–Kier alpha value is -2.15. The smallest absolute Gasteiger partial charge is 0.292 e. The Bertz CT molecular complexity index is 503. The molecule has 1 saturated heterocycles. The molecule has 0 aliphatic carbocycles. The maximum atomic E-state index is 11.6. The molecule has 0 aromatic heterocycles. The second-order valence-electron chi connectivity index (χ2n) is 4.31. The SMILES string of the molecule is Nc1ccc(CN2CC[C@H](N)C2=O)cc1[N+](=O)[O-]. The first kappa shape index (κ1) is 12.3. The Kier molecular flexibility index (Phi) is 3.15. The van der Waals surface area contributed by atoms with Gasteiger partial charge < -0.3 is 16.4 Å². The van der Waals surface area contributed by atoms with Crippen LogP contribution in [0.15, 0.2) is 18.2 Å². The minimum Gasteiger partial charge on any atom is -0.393 e. The van der Waals surface area contributed by atoms with Gasteiger partial charge in [0.05, 0.1) is 11.0 Å². The topological polar surface area (TPSA) is 115 Å². The first-order valence-electron chi connectivity index (χ1n) is 5.56. The van der Waals surface area contributed by atoms with E-state index in [1.165, 1.54) is 12.1 Å². The molecule has 1 aromatic rings. The fraction of sp³-hybridized carbons (Fsp3) is 0.364. The number of carbonyl (C=O) groups excluding carboxylic acids is 1. The van der Waals surface area contributed by atoms with Crippen molar-refractivity contribution in [1.82, 2.24) is 4.90 Å². The number of carbonyl (C=O) groups is 1. The van der Waals surface area contributed by atoms with Crippen LogP contribution < -0.4 is 11.5 Å². The van der Waals surface area contributed by atoms with E-state index in [0.717, 1.165) is 0 Å². The standard InChI is InChI=1S/C11H14N4O3/c12-8-2-1-7(5-10(8)15(17)18)6-14-4-3-9(13)11(14)16/h1-2,5,9H,3-4,6,12-13H2/t9-/m0/s1. The number of benzene rings is 1. The lowest BCUT2D eigenvalue weighted by molar-refractivity contribution is -0.384. The molecule has 18 heavy (non-hydrogen) atoms. The van der Waals surface area contributed by atoms with E-state index < -0.39 is 11.0 Å². The van der Waals surface area contributed by atoms with Gasteiger partial charge in [-0.1, -0.05) is 6.07 Å². The summed E-state index contributed by atoms with van der Waals surface area (Å²) >= 11 is 0. The van der Waals surface area contributed by atoms with Gasteiger partial charge in [0.15, 0.2) is 0 Å². The van der Waals surface area contributed by atoms with Crippen molar-refractivity contribution in [2.75, 3.05) is 12.3 Å². The third-order valence-corrected chi connectivity index (χ3v) is 3.00. The molecule has 4 N–H and O–H groups in total. The molecule has 0 unspecified atom stereocenters. The quantitative estimate of drug-likeness (QED) is 0.453.